The largest absolute Gasteiger partial charge is 0.493 e. The van der Waals surface area contributed by atoms with Gasteiger partial charge in [-0.1, -0.05) is 39.2 Å². The van der Waals surface area contributed by atoms with Crippen LogP contribution in [0.1, 0.15) is 57.9 Å². The van der Waals surface area contributed by atoms with Crippen molar-refractivity contribution in [2.24, 2.45) is 5.92 Å². The molecule has 2 unspecified atom stereocenters. The number of amides is 2. The summed E-state index contributed by atoms with van der Waals surface area (Å²) in [5, 5.41) is 16.7. The van der Waals surface area contributed by atoms with Crippen LogP contribution in [-0.2, 0) is 16.0 Å². The van der Waals surface area contributed by atoms with Crippen molar-refractivity contribution in [3.05, 3.63) is 23.8 Å². The van der Waals surface area contributed by atoms with E-state index in [1.807, 2.05) is 0 Å². The molecule has 1 saturated carbocycles. The van der Waals surface area contributed by atoms with E-state index in [4.69, 9.17) is 14.9 Å². The lowest BCUT2D eigenvalue weighted by Gasteiger charge is -2.24. The van der Waals surface area contributed by atoms with Gasteiger partial charge in [0.1, 0.15) is 6.04 Å². The summed E-state index contributed by atoms with van der Waals surface area (Å²) in [6.45, 7) is 4.16. The van der Waals surface area contributed by atoms with Crippen LogP contribution in [0.25, 0.3) is 0 Å². The fraction of sp³-hybridized carbons (Fsp3) is 0.609. The molecular formula is C23H36N4O4. The molecule has 0 aromatic heterocycles. The van der Waals surface area contributed by atoms with Crippen LogP contribution < -0.4 is 25.4 Å². The standard InChI is InChI=1S/C23H36N4O4/c1-5-15(2)12-18(22(29)25-17-8-6-7-9-17)26-23(24)27-21(28)14-16-10-11-19(30-3)20(13-16)31-4/h10-11,13,15,17-18H,5-9,12,14H2,1-4H3,(H,25,29)(H3,24,26,27,28). The van der Waals surface area contributed by atoms with Gasteiger partial charge >= 0.3 is 0 Å². The molecular weight excluding hydrogens is 396 g/mol. The SMILES string of the molecule is CCC(C)CC(NC(=N)NC(=O)Cc1ccc(OC)c(OC)c1)C(=O)NC1CCCC1. The van der Waals surface area contributed by atoms with Crippen LogP contribution in [0.4, 0.5) is 0 Å². The molecule has 0 spiro atoms. The molecule has 31 heavy (non-hydrogen) atoms. The molecule has 8 nitrogen and oxygen atoms in total. The first kappa shape index (κ1) is 24.5. The van der Waals surface area contributed by atoms with Crippen molar-refractivity contribution in [2.45, 2.75) is 70.9 Å². The van der Waals surface area contributed by atoms with Crippen molar-refractivity contribution >= 4 is 17.8 Å². The fourth-order valence-electron chi connectivity index (χ4n) is 3.74. The van der Waals surface area contributed by atoms with E-state index < -0.39 is 6.04 Å². The van der Waals surface area contributed by atoms with Gasteiger partial charge in [0.15, 0.2) is 17.5 Å². The van der Waals surface area contributed by atoms with Crippen molar-refractivity contribution in [1.82, 2.24) is 16.0 Å². The van der Waals surface area contributed by atoms with Gasteiger partial charge in [-0.05, 0) is 42.9 Å². The molecule has 1 fully saturated rings. The molecule has 2 rings (SSSR count). The number of rotatable bonds is 10. The Morgan fingerprint density at radius 1 is 1.16 bits per heavy atom. The van der Waals surface area contributed by atoms with E-state index in [-0.39, 0.29) is 30.2 Å². The number of hydrogen-bond acceptors (Lipinski definition) is 5. The van der Waals surface area contributed by atoms with Crippen LogP contribution in [0.2, 0.25) is 0 Å². The normalized spacial score (nSPS) is 15.6. The Labute approximate surface area is 185 Å². The smallest absolute Gasteiger partial charge is 0.242 e. The zero-order valence-electron chi connectivity index (χ0n) is 19.0. The van der Waals surface area contributed by atoms with Crippen LogP contribution in [-0.4, -0.2) is 44.1 Å². The maximum absolute atomic E-state index is 12.8. The Morgan fingerprint density at radius 2 is 1.84 bits per heavy atom. The van der Waals surface area contributed by atoms with E-state index in [0.717, 1.165) is 37.7 Å². The lowest BCUT2D eigenvalue weighted by atomic mass is 9.98. The van der Waals surface area contributed by atoms with E-state index in [0.29, 0.717) is 23.8 Å². The van der Waals surface area contributed by atoms with Gasteiger partial charge in [0.2, 0.25) is 11.8 Å². The van der Waals surface area contributed by atoms with E-state index in [1.54, 1.807) is 25.3 Å². The minimum atomic E-state index is -0.551. The molecule has 2 atom stereocenters. The molecule has 0 heterocycles. The average Bonchev–Trinajstić information content (AvgIpc) is 3.25. The lowest BCUT2D eigenvalue weighted by Crippen LogP contribution is -2.53. The molecule has 2 amide bonds. The summed E-state index contributed by atoms with van der Waals surface area (Å²) >= 11 is 0. The summed E-state index contributed by atoms with van der Waals surface area (Å²) in [6.07, 6.45) is 5.89. The first-order valence-electron chi connectivity index (χ1n) is 11.0. The second kappa shape index (κ2) is 12.2. The minimum absolute atomic E-state index is 0.0781. The van der Waals surface area contributed by atoms with Crippen molar-refractivity contribution in [3.63, 3.8) is 0 Å². The van der Waals surface area contributed by atoms with Gasteiger partial charge in [-0.15, -0.1) is 0 Å². The van der Waals surface area contributed by atoms with Gasteiger partial charge in [-0.3, -0.25) is 20.3 Å². The van der Waals surface area contributed by atoms with Gasteiger partial charge in [0.25, 0.3) is 0 Å². The Balaban J connectivity index is 1.94. The van der Waals surface area contributed by atoms with Gasteiger partial charge in [0, 0.05) is 6.04 Å². The minimum Gasteiger partial charge on any atom is -0.493 e. The summed E-state index contributed by atoms with van der Waals surface area (Å²) in [7, 11) is 3.09. The fourth-order valence-corrected chi connectivity index (χ4v) is 3.74. The lowest BCUT2D eigenvalue weighted by molar-refractivity contribution is -0.124. The second-order valence-electron chi connectivity index (χ2n) is 8.23. The summed E-state index contributed by atoms with van der Waals surface area (Å²) in [5.74, 6) is 0.831. The number of nitrogens with one attached hydrogen (secondary N) is 4. The molecule has 4 N–H and O–H groups in total. The number of carbonyl (C=O) groups excluding carboxylic acids is 2. The van der Waals surface area contributed by atoms with Crippen LogP contribution in [0.5, 0.6) is 11.5 Å². The molecule has 0 aliphatic heterocycles. The first-order chi connectivity index (χ1) is 14.9. The zero-order valence-corrected chi connectivity index (χ0v) is 19.0. The molecule has 0 saturated heterocycles. The van der Waals surface area contributed by atoms with E-state index >= 15 is 0 Å². The summed E-state index contributed by atoms with van der Waals surface area (Å²) in [4.78, 5) is 25.2. The molecule has 8 heteroatoms. The second-order valence-corrected chi connectivity index (χ2v) is 8.23. The third-order valence-corrected chi connectivity index (χ3v) is 5.75. The highest BCUT2D eigenvalue weighted by Crippen LogP contribution is 2.27. The summed E-state index contributed by atoms with van der Waals surface area (Å²) in [5.41, 5.74) is 0.734. The van der Waals surface area contributed by atoms with Gasteiger partial charge in [-0.2, -0.15) is 0 Å². The van der Waals surface area contributed by atoms with Crippen molar-refractivity contribution < 1.29 is 19.1 Å². The monoisotopic (exact) mass is 432 g/mol. The van der Waals surface area contributed by atoms with E-state index in [1.165, 1.54) is 7.11 Å². The van der Waals surface area contributed by atoms with Crippen LogP contribution in [0.15, 0.2) is 18.2 Å². The maximum Gasteiger partial charge on any atom is 0.242 e. The highest BCUT2D eigenvalue weighted by molar-refractivity contribution is 5.98. The number of benzene rings is 1. The van der Waals surface area contributed by atoms with Crippen LogP contribution in [0, 0.1) is 11.3 Å². The Bertz CT molecular complexity index is 762. The zero-order chi connectivity index (χ0) is 22.8. The number of guanidine groups is 1. The molecule has 172 valence electrons. The highest BCUT2D eigenvalue weighted by atomic mass is 16.5. The van der Waals surface area contributed by atoms with Crippen molar-refractivity contribution in [3.8, 4) is 11.5 Å². The van der Waals surface area contributed by atoms with Crippen molar-refractivity contribution in [1.29, 1.82) is 5.41 Å². The van der Waals surface area contributed by atoms with Gasteiger partial charge < -0.3 is 20.1 Å². The number of hydrogen-bond donors (Lipinski definition) is 4. The Morgan fingerprint density at radius 3 is 2.45 bits per heavy atom. The predicted octanol–water partition coefficient (Wildman–Crippen LogP) is 2.75. The summed E-state index contributed by atoms with van der Waals surface area (Å²) in [6, 6.07) is 4.90. The van der Waals surface area contributed by atoms with E-state index in [2.05, 4.69) is 29.8 Å². The summed E-state index contributed by atoms with van der Waals surface area (Å²) < 4.78 is 10.5. The molecule has 0 bridgehead atoms. The van der Waals surface area contributed by atoms with Crippen LogP contribution >= 0.6 is 0 Å². The molecule has 1 aliphatic rings. The van der Waals surface area contributed by atoms with Gasteiger partial charge in [0.05, 0.1) is 20.6 Å². The average molecular weight is 433 g/mol. The van der Waals surface area contributed by atoms with Crippen LogP contribution in [0.3, 0.4) is 0 Å². The highest BCUT2D eigenvalue weighted by Gasteiger charge is 2.25. The Kier molecular flexibility index (Phi) is 9.62. The number of carbonyl (C=O) groups is 2. The maximum atomic E-state index is 12.8. The third kappa shape index (κ3) is 7.77. The molecule has 1 aromatic carbocycles. The topological polar surface area (TPSA) is 113 Å². The van der Waals surface area contributed by atoms with Gasteiger partial charge in [-0.25, -0.2) is 0 Å². The molecule has 0 radical (unpaired) electrons. The first-order valence-corrected chi connectivity index (χ1v) is 11.0. The number of ether oxygens (including phenoxy) is 2. The molecule has 1 aliphatic carbocycles. The number of methoxy groups -OCH3 is 2. The quantitative estimate of drug-likeness (QED) is 0.335. The molecule has 1 aromatic rings. The van der Waals surface area contributed by atoms with E-state index in [9.17, 15) is 9.59 Å². The Hall–Kier alpha value is -2.77. The predicted molar refractivity (Wildman–Crippen MR) is 121 cm³/mol. The van der Waals surface area contributed by atoms with Crippen molar-refractivity contribution in [2.75, 3.05) is 14.2 Å². The third-order valence-electron chi connectivity index (χ3n) is 5.75.